The Morgan fingerprint density at radius 3 is 2.68 bits per heavy atom. The van der Waals surface area contributed by atoms with E-state index in [0.29, 0.717) is 39.3 Å². The van der Waals surface area contributed by atoms with Gasteiger partial charge in [0.05, 0.1) is 29.1 Å². The molecule has 0 radical (unpaired) electrons. The first-order valence-corrected chi connectivity index (χ1v) is 12.5. The number of nitrogens with one attached hydrogen (secondary N) is 1. The molecular formula is C28H28ClN3O5. The zero-order valence-corrected chi connectivity index (χ0v) is 21.8. The second kappa shape index (κ2) is 9.36. The lowest BCUT2D eigenvalue weighted by atomic mass is 9.91. The van der Waals surface area contributed by atoms with Gasteiger partial charge in [0.25, 0.3) is 5.56 Å². The van der Waals surface area contributed by atoms with Crippen LogP contribution in [0, 0.1) is 0 Å². The zero-order valence-electron chi connectivity index (χ0n) is 21.1. The van der Waals surface area contributed by atoms with Gasteiger partial charge in [-0.25, -0.2) is 4.79 Å². The molecule has 192 valence electrons. The van der Waals surface area contributed by atoms with Crippen LogP contribution in [0.2, 0.25) is 5.02 Å². The van der Waals surface area contributed by atoms with Gasteiger partial charge in [0.2, 0.25) is 0 Å². The molecule has 0 saturated carbocycles. The Balaban J connectivity index is 1.88. The van der Waals surface area contributed by atoms with Crippen molar-refractivity contribution < 1.29 is 19.4 Å². The second-order valence-corrected chi connectivity index (χ2v) is 10.6. The van der Waals surface area contributed by atoms with E-state index >= 15 is 0 Å². The first-order chi connectivity index (χ1) is 17.6. The Morgan fingerprint density at radius 2 is 2.00 bits per heavy atom. The molecule has 3 heterocycles. The van der Waals surface area contributed by atoms with Crippen molar-refractivity contribution in [2.45, 2.75) is 45.3 Å². The van der Waals surface area contributed by atoms with E-state index in [9.17, 15) is 14.7 Å². The number of carbonyl (C=O) groups is 1. The third-order valence-corrected chi connectivity index (χ3v) is 6.88. The van der Waals surface area contributed by atoms with Crippen molar-refractivity contribution in [2.24, 2.45) is 7.05 Å². The molecule has 1 aliphatic rings. The molecule has 37 heavy (non-hydrogen) atoms. The van der Waals surface area contributed by atoms with Gasteiger partial charge in [-0.05, 0) is 56.2 Å². The van der Waals surface area contributed by atoms with Crippen molar-refractivity contribution in [1.29, 1.82) is 0 Å². The smallest absolute Gasteiger partial charge is 0.339 e. The molecule has 0 fully saturated rings. The summed E-state index contributed by atoms with van der Waals surface area (Å²) in [5.74, 6) is -0.608. The summed E-state index contributed by atoms with van der Waals surface area (Å²) in [4.78, 5) is 26.3. The molecule has 8 nitrogen and oxygen atoms in total. The number of pyridine rings is 1. The fourth-order valence-corrected chi connectivity index (χ4v) is 5.20. The number of H-pyrrole nitrogens is 1. The lowest BCUT2D eigenvalue weighted by molar-refractivity contribution is -0.161. The topological polar surface area (TPSA) is 106 Å². The van der Waals surface area contributed by atoms with Crippen LogP contribution in [0.1, 0.15) is 44.6 Å². The fraction of sp³-hybridized carbons (Fsp3) is 0.321. The van der Waals surface area contributed by atoms with Crippen LogP contribution in [0.4, 0.5) is 0 Å². The fourth-order valence-electron chi connectivity index (χ4n) is 4.87. The van der Waals surface area contributed by atoms with Crippen LogP contribution in [0.25, 0.3) is 33.0 Å². The van der Waals surface area contributed by atoms with Crippen LogP contribution >= 0.6 is 11.6 Å². The summed E-state index contributed by atoms with van der Waals surface area (Å²) < 4.78 is 13.3. The van der Waals surface area contributed by atoms with E-state index in [4.69, 9.17) is 21.1 Å². The zero-order chi connectivity index (χ0) is 26.5. The number of halogens is 1. The highest BCUT2D eigenvalue weighted by Crippen LogP contribution is 2.45. The second-order valence-electron chi connectivity index (χ2n) is 10.2. The number of hydrogen-bond donors (Lipinski definition) is 2. The predicted molar refractivity (Wildman–Crippen MR) is 142 cm³/mol. The predicted octanol–water partition coefficient (Wildman–Crippen LogP) is 5.51. The molecule has 2 aromatic heterocycles. The van der Waals surface area contributed by atoms with Crippen molar-refractivity contribution in [3.8, 4) is 28.0 Å². The molecule has 1 aliphatic heterocycles. The number of aromatic amines is 1. The van der Waals surface area contributed by atoms with E-state index in [0.717, 1.165) is 29.5 Å². The van der Waals surface area contributed by atoms with Crippen molar-refractivity contribution in [1.82, 2.24) is 14.8 Å². The highest BCUT2D eigenvalue weighted by Gasteiger charge is 2.34. The number of carboxylic acids is 1. The maximum atomic E-state index is 13.7. The Morgan fingerprint density at radius 1 is 1.22 bits per heavy atom. The number of nitrogens with zero attached hydrogens (tertiary/aromatic N) is 2. The van der Waals surface area contributed by atoms with Gasteiger partial charge in [0.15, 0.2) is 6.10 Å². The largest absolute Gasteiger partial charge is 0.492 e. The molecule has 0 amide bonds. The van der Waals surface area contributed by atoms with Gasteiger partial charge in [0.1, 0.15) is 5.75 Å². The van der Waals surface area contributed by atoms with E-state index in [1.54, 1.807) is 46.3 Å². The quantitative estimate of drug-likeness (QED) is 0.358. The molecule has 0 bridgehead atoms. The standard InChI is InChI=1S/C28H28ClN3O5/c1-28(2,3)37-25(27(34)35)23-21(19-10-7-15-6-5-11-36-24(15)22(19)29)18-9-8-16(17-13-30-31-14-17)12-20(18)26(33)32(23)4/h7-10,12-14,25H,5-6,11H2,1-4H3,(H,30,31)(H,34,35)/t25-/m1/s1. The number of aliphatic carboxylic acids is 1. The number of benzene rings is 2. The Kier molecular flexibility index (Phi) is 6.33. The normalized spacial score (nSPS) is 14.3. The molecule has 2 N–H and O–H groups in total. The molecule has 9 heteroatoms. The molecule has 2 aromatic carbocycles. The Bertz CT molecular complexity index is 1570. The summed E-state index contributed by atoms with van der Waals surface area (Å²) in [6.45, 7) is 5.88. The van der Waals surface area contributed by atoms with Crippen molar-refractivity contribution >= 4 is 28.3 Å². The summed E-state index contributed by atoms with van der Waals surface area (Å²) in [7, 11) is 1.57. The van der Waals surface area contributed by atoms with E-state index in [1.807, 2.05) is 24.3 Å². The summed E-state index contributed by atoms with van der Waals surface area (Å²) in [5.41, 5.74) is 2.82. The van der Waals surface area contributed by atoms with Crippen LogP contribution < -0.4 is 10.3 Å². The molecule has 1 atom stereocenters. The van der Waals surface area contributed by atoms with Gasteiger partial charge < -0.3 is 19.1 Å². The van der Waals surface area contributed by atoms with Crippen LogP contribution in [0.15, 0.2) is 47.5 Å². The Hall–Kier alpha value is -3.62. The number of fused-ring (bicyclic) bond motifs is 2. The summed E-state index contributed by atoms with van der Waals surface area (Å²) in [6, 6.07) is 9.32. The van der Waals surface area contributed by atoms with Crippen LogP contribution in [-0.4, -0.2) is 38.0 Å². The Labute approximate surface area is 218 Å². The van der Waals surface area contributed by atoms with Crippen LogP contribution in [0.3, 0.4) is 0 Å². The molecular weight excluding hydrogens is 494 g/mol. The lowest BCUT2D eigenvalue weighted by Gasteiger charge is -2.29. The highest BCUT2D eigenvalue weighted by atomic mass is 35.5. The molecule has 5 rings (SSSR count). The third-order valence-electron chi connectivity index (χ3n) is 6.50. The lowest BCUT2D eigenvalue weighted by Crippen LogP contribution is -2.33. The molecule has 0 aliphatic carbocycles. The van der Waals surface area contributed by atoms with Gasteiger partial charge in [-0.1, -0.05) is 35.9 Å². The summed E-state index contributed by atoms with van der Waals surface area (Å²) in [5, 5.41) is 18.5. The third kappa shape index (κ3) is 4.51. The van der Waals surface area contributed by atoms with Gasteiger partial charge in [0, 0.05) is 35.3 Å². The first-order valence-electron chi connectivity index (χ1n) is 12.1. The molecule has 0 saturated heterocycles. The van der Waals surface area contributed by atoms with Crippen LogP contribution in [0.5, 0.6) is 5.75 Å². The molecule has 0 unspecified atom stereocenters. The summed E-state index contributed by atoms with van der Waals surface area (Å²) >= 11 is 6.94. The van der Waals surface area contributed by atoms with E-state index in [-0.39, 0.29) is 11.3 Å². The van der Waals surface area contributed by atoms with Gasteiger partial charge in [-0.2, -0.15) is 5.10 Å². The molecule has 4 aromatic rings. The minimum atomic E-state index is -1.42. The monoisotopic (exact) mass is 521 g/mol. The average Bonchev–Trinajstić information content (AvgIpc) is 3.40. The number of aromatic nitrogens is 3. The maximum absolute atomic E-state index is 13.7. The highest BCUT2D eigenvalue weighted by molar-refractivity contribution is 6.35. The van der Waals surface area contributed by atoms with E-state index < -0.39 is 17.7 Å². The van der Waals surface area contributed by atoms with Crippen molar-refractivity contribution in [2.75, 3.05) is 6.61 Å². The number of ether oxygens (including phenoxy) is 2. The minimum Gasteiger partial charge on any atom is -0.492 e. The SMILES string of the molecule is Cn1c([C@@H](OC(C)(C)C)C(=O)O)c(-c2ccc3c(c2Cl)OCCC3)c2ccc(-c3cn[nH]c3)cc2c1=O. The van der Waals surface area contributed by atoms with Crippen molar-refractivity contribution in [3.63, 3.8) is 0 Å². The van der Waals surface area contributed by atoms with Crippen LogP contribution in [-0.2, 0) is 23.0 Å². The van der Waals surface area contributed by atoms with Gasteiger partial charge in [-0.3, -0.25) is 9.89 Å². The number of hydrogen-bond acceptors (Lipinski definition) is 5. The first kappa shape index (κ1) is 25.0. The summed E-state index contributed by atoms with van der Waals surface area (Å²) in [6.07, 6.45) is 3.74. The number of aryl methyl sites for hydroxylation is 1. The van der Waals surface area contributed by atoms with Gasteiger partial charge >= 0.3 is 5.97 Å². The minimum absolute atomic E-state index is 0.216. The number of carboxylic acid groups (broad SMARTS) is 1. The van der Waals surface area contributed by atoms with Crippen molar-refractivity contribution in [3.05, 3.63) is 69.4 Å². The average molecular weight is 522 g/mol. The van der Waals surface area contributed by atoms with E-state index in [1.165, 1.54) is 4.57 Å². The molecule has 0 spiro atoms. The maximum Gasteiger partial charge on any atom is 0.339 e. The number of rotatable bonds is 5. The van der Waals surface area contributed by atoms with Gasteiger partial charge in [-0.15, -0.1) is 0 Å². The van der Waals surface area contributed by atoms with E-state index in [2.05, 4.69) is 10.2 Å².